The van der Waals surface area contributed by atoms with E-state index in [0.29, 0.717) is 12.1 Å². The first-order valence-corrected chi connectivity index (χ1v) is 11.1. The number of rotatable bonds is 7. The Morgan fingerprint density at radius 3 is 1.91 bits per heavy atom. The Labute approximate surface area is 192 Å². The van der Waals surface area contributed by atoms with Crippen LogP contribution in [0.4, 0.5) is 9.59 Å². The zero-order chi connectivity index (χ0) is 24.5. The largest absolute Gasteiger partial charge is 0.442 e. The quantitative estimate of drug-likeness (QED) is 0.461. The smallest absolute Gasteiger partial charge is 0.429 e. The Morgan fingerprint density at radius 1 is 0.875 bits per heavy atom. The first kappa shape index (κ1) is 27.3. The van der Waals surface area contributed by atoms with Gasteiger partial charge in [-0.25, -0.2) is 19.6 Å². The fourth-order valence-corrected chi connectivity index (χ4v) is 2.65. The average molecular weight is 450 g/mol. The number of unbranched alkanes of at least 4 members (excludes halogenated alkanes) is 2. The van der Waals surface area contributed by atoms with Crippen molar-refractivity contribution in [1.29, 1.82) is 0 Å². The summed E-state index contributed by atoms with van der Waals surface area (Å²) in [6.45, 7) is 13.3. The molecule has 0 fully saturated rings. The van der Waals surface area contributed by atoms with Gasteiger partial charge in [-0.15, -0.1) is 0 Å². The van der Waals surface area contributed by atoms with Gasteiger partial charge >= 0.3 is 12.2 Å². The number of ether oxygens (including phenoxy) is 2. The van der Waals surface area contributed by atoms with Gasteiger partial charge in [0.1, 0.15) is 11.2 Å². The molecule has 0 heterocycles. The molecule has 1 aromatic carbocycles. The van der Waals surface area contributed by atoms with Crippen LogP contribution in [0.15, 0.2) is 24.3 Å². The third kappa shape index (κ3) is 10.0. The van der Waals surface area contributed by atoms with E-state index in [1.54, 1.807) is 65.8 Å². The van der Waals surface area contributed by atoms with Crippen LogP contribution in [-0.4, -0.2) is 52.9 Å². The first-order chi connectivity index (χ1) is 14.7. The minimum atomic E-state index is -0.732. The highest BCUT2D eigenvalue weighted by atomic mass is 16.6. The average Bonchev–Trinajstić information content (AvgIpc) is 2.66. The topological polar surface area (TPSA) is 88.2 Å². The minimum absolute atomic E-state index is 0.0725. The normalized spacial score (nSPS) is 11.5. The van der Waals surface area contributed by atoms with E-state index in [1.165, 1.54) is 12.1 Å². The Bertz CT molecular complexity index is 763. The zero-order valence-electron chi connectivity index (χ0n) is 20.8. The van der Waals surface area contributed by atoms with Gasteiger partial charge in [0, 0.05) is 19.2 Å². The molecule has 0 aliphatic rings. The van der Waals surface area contributed by atoms with Gasteiger partial charge < -0.3 is 14.8 Å². The molecule has 8 heteroatoms. The summed E-state index contributed by atoms with van der Waals surface area (Å²) in [6, 6.07) is 6.90. The number of nitrogens with one attached hydrogen (secondary N) is 1. The number of nitrogens with zero attached hydrogens (tertiary/aromatic N) is 2. The van der Waals surface area contributed by atoms with Crippen molar-refractivity contribution in [3.05, 3.63) is 35.4 Å². The summed E-state index contributed by atoms with van der Waals surface area (Å²) in [4.78, 5) is 37.6. The molecule has 0 saturated carbocycles. The van der Waals surface area contributed by atoms with Gasteiger partial charge in [0.2, 0.25) is 0 Å². The van der Waals surface area contributed by atoms with Crippen LogP contribution in [0, 0.1) is 0 Å². The summed E-state index contributed by atoms with van der Waals surface area (Å²) in [5.74, 6) is -0.137. The zero-order valence-corrected chi connectivity index (χ0v) is 20.8. The van der Waals surface area contributed by atoms with E-state index in [-0.39, 0.29) is 12.5 Å². The van der Waals surface area contributed by atoms with Crippen molar-refractivity contribution in [2.75, 3.05) is 13.6 Å². The maximum absolute atomic E-state index is 12.8. The van der Waals surface area contributed by atoms with Crippen LogP contribution in [0.25, 0.3) is 0 Å². The van der Waals surface area contributed by atoms with Crippen molar-refractivity contribution < 1.29 is 23.9 Å². The lowest BCUT2D eigenvalue weighted by molar-refractivity contribution is -0.0560. The third-order valence-corrected chi connectivity index (χ3v) is 4.24. The summed E-state index contributed by atoms with van der Waals surface area (Å²) in [5, 5.41) is 5.18. The summed E-state index contributed by atoms with van der Waals surface area (Å²) in [7, 11) is 1.45. The van der Waals surface area contributed by atoms with Crippen molar-refractivity contribution in [3.63, 3.8) is 0 Å². The highest BCUT2D eigenvalue weighted by Crippen LogP contribution is 2.17. The van der Waals surface area contributed by atoms with Crippen molar-refractivity contribution in [3.8, 4) is 0 Å². The standard InChI is InChI=1S/C24H39N3O5/c1-9-10-11-16-25-20(28)19-14-12-18(13-15-19)17-27(22(30)32-24(5,6)7)26(8)21(29)31-23(2,3)4/h12-15H,9-11,16-17H2,1-8H3,(H,25,28). The second-order valence-corrected chi connectivity index (χ2v) is 9.70. The number of carbonyl (C=O) groups is 3. The molecule has 1 aromatic rings. The van der Waals surface area contributed by atoms with E-state index in [2.05, 4.69) is 12.2 Å². The summed E-state index contributed by atoms with van der Waals surface area (Å²) in [5.41, 5.74) is -0.177. The summed E-state index contributed by atoms with van der Waals surface area (Å²) in [6.07, 6.45) is 1.76. The van der Waals surface area contributed by atoms with Crippen LogP contribution < -0.4 is 5.32 Å². The van der Waals surface area contributed by atoms with Gasteiger partial charge in [-0.05, 0) is 65.7 Å². The van der Waals surface area contributed by atoms with Crippen LogP contribution in [0.2, 0.25) is 0 Å². The summed E-state index contributed by atoms with van der Waals surface area (Å²) < 4.78 is 10.9. The van der Waals surface area contributed by atoms with Crippen molar-refractivity contribution in [1.82, 2.24) is 15.3 Å². The fraction of sp³-hybridized carbons (Fsp3) is 0.625. The molecule has 180 valence electrons. The Balaban J connectivity index is 2.95. The lowest BCUT2D eigenvalue weighted by Crippen LogP contribution is -2.50. The van der Waals surface area contributed by atoms with Gasteiger partial charge in [-0.3, -0.25) is 4.79 Å². The molecule has 3 amide bonds. The molecular formula is C24H39N3O5. The lowest BCUT2D eigenvalue weighted by Gasteiger charge is -2.34. The van der Waals surface area contributed by atoms with Crippen molar-refractivity contribution in [2.45, 2.75) is 85.5 Å². The van der Waals surface area contributed by atoms with Crippen LogP contribution in [0.5, 0.6) is 0 Å². The molecule has 0 unspecified atom stereocenters. The second-order valence-electron chi connectivity index (χ2n) is 9.70. The Morgan fingerprint density at radius 2 is 1.41 bits per heavy atom. The number of hydrazine groups is 1. The number of hydrogen-bond donors (Lipinski definition) is 1. The van der Waals surface area contributed by atoms with Gasteiger partial charge in [0.05, 0.1) is 6.54 Å². The first-order valence-electron chi connectivity index (χ1n) is 11.1. The molecule has 0 atom stereocenters. The highest BCUT2D eigenvalue weighted by molar-refractivity contribution is 5.94. The number of hydrogen-bond acceptors (Lipinski definition) is 5. The molecule has 0 radical (unpaired) electrons. The maximum atomic E-state index is 12.8. The molecule has 0 aromatic heterocycles. The molecular weight excluding hydrogens is 410 g/mol. The van der Waals surface area contributed by atoms with Crippen LogP contribution in [0.1, 0.15) is 83.7 Å². The molecule has 1 rings (SSSR count). The van der Waals surface area contributed by atoms with E-state index in [0.717, 1.165) is 29.8 Å². The minimum Gasteiger partial charge on any atom is -0.442 e. The Kier molecular flexibility index (Phi) is 10.0. The van der Waals surface area contributed by atoms with E-state index in [4.69, 9.17) is 9.47 Å². The second kappa shape index (κ2) is 11.7. The Hall–Kier alpha value is -2.77. The van der Waals surface area contributed by atoms with Crippen LogP contribution in [-0.2, 0) is 16.0 Å². The lowest BCUT2D eigenvalue weighted by atomic mass is 10.1. The van der Waals surface area contributed by atoms with E-state index in [1.807, 2.05) is 0 Å². The molecule has 0 saturated heterocycles. The number of benzene rings is 1. The molecule has 32 heavy (non-hydrogen) atoms. The molecule has 8 nitrogen and oxygen atoms in total. The summed E-state index contributed by atoms with van der Waals surface area (Å²) >= 11 is 0. The van der Waals surface area contributed by atoms with Gasteiger partial charge in [0.25, 0.3) is 5.91 Å². The SMILES string of the molecule is CCCCCNC(=O)c1ccc(CN(C(=O)OC(C)(C)C)N(C)C(=O)OC(C)(C)C)cc1. The van der Waals surface area contributed by atoms with Crippen molar-refractivity contribution in [2.24, 2.45) is 0 Å². The van der Waals surface area contributed by atoms with Gasteiger partial charge in [0.15, 0.2) is 0 Å². The van der Waals surface area contributed by atoms with Crippen LogP contribution in [0.3, 0.4) is 0 Å². The predicted octanol–water partition coefficient (Wildman–Crippen LogP) is 5.13. The third-order valence-electron chi connectivity index (χ3n) is 4.24. The van der Waals surface area contributed by atoms with Crippen molar-refractivity contribution >= 4 is 18.1 Å². The molecule has 0 aliphatic carbocycles. The molecule has 1 N–H and O–H groups in total. The van der Waals surface area contributed by atoms with E-state index in [9.17, 15) is 14.4 Å². The predicted molar refractivity (Wildman–Crippen MR) is 124 cm³/mol. The van der Waals surface area contributed by atoms with E-state index < -0.39 is 23.4 Å². The molecule has 0 bridgehead atoms. The monoisotopic (exact) mass is 449 g/mol. The highest BCUT2D eigenvalue weighted by Gasteiger charge is 2.30. The molecule has 0 aliphatic heterocycles. The van der Waals surface area contributed by atoms with E-state index >= 15 is 0 Å². The van der Waals surface area contributed by atoms with Crippen LogP contribution >= 0.6 is 0 Å². The van der Waals surface area contributed by atoms with Gasteiger partial charge in [-0.1, -0.05) is 31.9 Å². The molecule has 0 spiro atoms. The number of carbonyl (C=O) groups excluding carboxylic acids is 3. The maximum Gasteiger partial charge on any atom is 0.429 e. The van der Waals surface area contributed by atoms with Gasteiger partial charge in [-0.2, -0.15) is 0 Å². The number of amides is 3. The fourth-order valence-electron chi connectivity index (χ4n) is 2.65.